The third-order valence-electron chi connectivity index (χ3n) is 2.80. The van der Waals surface area contributed by atoms with Crippen LogP contribution in [0.3, 0.4) is 0 Å². The number of nitrogen functional groups attached to an aromatic ring is 1. The summed E-state index contributed by atoms with van der Waals surface area (Å²) in [6.07, 6.45) is 6.46. The summed E-state index contributed by atoms with van der Waals surface area (Å²) in [6, 6.07) is 8.39. The number of nitrogens with two attached hydrogens (primary N) is 1. The van der Waals surface area contributed by atoms with Gasteiger partial charge in [0.15, 0.2) is 11.6 Å². The van der Waals surface area contributed by atoms with E-state index in [0.717, 1.165) is 0 Å². The normalized spacial score (nSPS) is 10.4. The molecule has 0 bridgehead atoms. The molecule has 2 N–H and O–H groups in total. The van der Waals surface area contributed by atoms with Crippen molar-refractivity contribution in [1.82, 2.24) is 19.7 Å². The average molecular weight is 265 g/mol. The molecule has 0 saturated carbocycles. The van der Waals surface area contributed by atoms with E-state index < -0.39 is 0 Å². The number of anilines is 1. The zero-order valence-electron chi connectivity index (χ0n) is 10.5. The van der Waals surface area contributed by atoms with Gasteiger partial charge in [-0.05, 0) is 30.3 Å². The zero-order chi connectivity index (χ0) is 13.9. The van der Waals surface area contributed by atoms with Crippen LogP contribution >= 0.6 is 0 Å². The number of ketones is 1. The lowest BCUT2D eigenvalue weighted by molar-refractivity contribution is 0.103. The Morgan fingerprint density at radius 2 is 2.00 bits per heavy atom. The van der Waals surface area contributed by atoms with E-state index in [1.165, 1.54) is 6.20 Å². The van der Waals surface area contributed by atoms with Crippen LogP contribution in [0.2, 0.25) is 0 Å². The molecule has 0 fully saturated rings. The lowest BCUT2D eigenvalue weighted by Crippen LogP contribution is -2.05. The molecule has 3 aromatic rings. The molecule has 0 aliphatic heterocycles. The summed E-state index contributed by atoms with van der Waals surface area (Å²) in [5.74, 6) is 0.839. The van der Waals surface area contributed by atoms with Crippen molar-refractivity contribution in [2.45, 2.75) is 0 Å². The lowest BCUT2D eigenvalue weighted by Gasteiger charge is -2.04. The van der Waals surface area contributed by atoms with Crippen LogP contribution < -0.4 is 5.73 Å². The van der Waals surface area contributed by atoms with Gasteiger partial charge < -0.3 is 5.73 Å². The van der Waals surface area contributed by atoms with Gasteiger partial charge >= 0.3 is 0 Å². The van der Waals surface area contributed by atoms with Gasteiger partial charge in [-0.2, -0.15) is 5.10 Å². The number of rotatable bonds is 3. The van der Waals surface area contributed by atoms with E-state index in [-0.39, 0.29) is 5.78 Å². The molecule has 0 aliphatic carbocycles. The maximum Gasteiger partial charge on any atom is 0.194 e. The molecule has 0 amide bonds. The van der Waals surface area contributed by atoms with Gasteiger partial charge in [0, 0.05) is 35.9 Å². The molecular formula is C14H11N5O. The minimum atomic E-state index is -0.131. The highest BCUT2D eigenvalue weighted by atomic mass is 16.1. The minimum Gasteiger partial charge on any atom is -0.384 e. The van der Waals surface area contributed by atoms with Crippen LogP contribution in [0.1, 0.15) is 15.9 Å². The predicted molar refractivity (Wildman–Crippen MR) is 73.4 cm³/mol. The molecule has 0 atom stereocenters. The minimum absolute atomic E-state index is 0.131. The van der Waals surface area contributed by atoms with Crippen LogP contribution in [-0.4, -0.2) is 25.5 Å². The second-order valence-electron chi connectivity index (χ2n) is 4.15. The molecule has 3 aromatic heterocycles. The maximum absolute atomic E-state index is 12.3. The number of carbonyl (C=O) groups is 1. The van der Waals surface area contributed by atoms with Crippen LogP contribution in [0.4, 0.5) is 5.82 Å². The molecule has 0 unspecified atom stereocenters. The summed E-state index contributed by atoms with van der Waals surface area (Å²) in [7, 11) is 0. The molecule has 0 aliphatic rings. The van der Waals surface area contributed by atoms with E-state index >= 15 is 0 Å². The Kier molecular flexibility index (Phi) is 2.96. The summed E-state index contributed by atoms with van der Waals surface area (Å²) >= 11 is 0. The largest absolute Gasteiger partial charge is 0.384 e. The Bertz CT molecular complexity index is 735. The van der Waals surface area contributed by atoms with Crippen molar-refractivity contribution in [3.8, 4) is 5.82 Å². The Balaban J connectivity index is 1.96. The van der Waals surface area contributed by atoms with E-state index in [2.05, 4.69) is 15.1 Å². The average Bonchev–Trinajstić information content (AvgIpc) is 3.02. The van der Waals surface area contributed by atoms with Gasteiger partial charge in [-0.1, -0.05) is 0 Å². The second kappa shape index (κ2) is 4.93. The zero-order valence-corrected chi connectivity index (χ0v) is 10.5. The highest BCUT2D eigenvalue weighted by Gasteiger charge is 2.11. The molecule has 98 valence electrons. The molecule has 0 spiro atoms. The molecule has 0 saturated heterocycles. The maximum atomic E-state index is 12.3. The first-order valence-electron chi connectivity index (χ1n) is 5.96. The van der Waals surface area contributed by atoms with Gasteiger partial charge in [0.2, 0.25) is 0 Å². The molecule has 0 aromatic carbocycles. The Labute approximate surface area is 114 Å². The van der Waals surface area contributed by atoms with Crippen molar-refractivity contribution in [2.24, 2.45) is 0 Å². The molecule has 6 nitrogen and oxygen atoms in total. The topological polar surface area (TPSA) is 86.7 Å². The SMILES string of the molecule is Nc1ccc(C(=O)c2ccnc(-n3cccn3)c2)cn1. The quantitative estimate of drug-likeness (QED) is 0.725. The third-order valence-corrected chi connectivity index (χ3v) is 2.80. The van der Waals surface area contributed by atoms with E-state index in [4.69, 9.17) is 5.73 Å². The molecule has 0 radical (unpaired) electrons. The molecule has 20 heavy (non-hydrogen) atoms. The molecule has 3 heterocycles. The van der Waals surface area contributed by atoms with Crippen molar-refractivity contribution in [2.75, 3.05) is 5.73 Å². The van der Waals surface area contributed by atoms with E-state index in [9.17, 15) is 4.79 Å². The van der Waals surface area contributed by atoms with Crippen molar-refractivity contribution < 1.29 is 4.79 Å². The van der Waals surface area contributed by atoms with Gasteiger partial charge in [0.25, 0.3) is 0 Å². The smallest absolute Gasteiger partial charge is 0.194 e. The van der Waals surface area contributed by atoms with Gasteiger partial charge in [-0.25, -0.2) is 14.6 Å². The van der Waals surface area contributed by atoms with Gasteiger partial charge in [-0.15, -0.1) is 0 Å². The van der Waals surface area contributed by atoms with E-state index in [0.29, 0.717) is 22.8 Å². The van der Waals surface area contributed by atoms with Gasteiger partial charge in [-0.3, -0.25) is 4.79 Å². The van der Waals surface area contributed by atoms with Crippen LogP contribution in [-0.2, 0) is 0 Å². The second-order valence-corrected chi connectivity index (χ2v) is 4.15. The van der Waals surface area contributed by atoms with Crippen LogP contribution in [0.5, 0.6) is 0 Å². The number of nitrogens with zero attached hydrogens (tertiary/aromatic N) is 4. The van der Waals surface area contributed by atoms with E-state index in [1.54, 1.807) is 53.6 Å². The predicted octanol–water partition coefficient (Wildman–Crippen LogP) is 1.48. The lowest BCUT2D eigenvalue weighted by atomic mass is 10.1. The number of hydrogen-bond donors (Lipinski definition) is 1. The fourth-order valence-electron chi connectivity index (χ4n) is 1.80. The molecule has 3 rings (SSSR count). The number of aromatic nitrogens is 4. The van der Waals surface area contributed by atoms with Crippen LogP contribution in [0, 0.1) is 0 Å². The molecular weight excluding hydrogens is 254 g/mol. The highest BCUT2D eigenvalue weighted by molar-refractivity contribution is 6.09. The first-order valence-corrected chi connectivity index (χ1v) is 5.96. The van der Waals surface area contributed by atoms with E-state index in [1.807, 2.05) is 0 Å². The van der Waals surface area contributed by atoms with Crippen molar-refractivity contribution >= 4 is 11.6 Å². The fraction of sp³-hybridized carbons (Fsp3) is 0. The standard InChI is InChI=1S/C14H11N5O/c15-12-3-2-11(9-17-12)14(20)10-4-6-16-13(8-10)19-7-1-5-18-19/h1-9H,(H2,15,17). The number of carbonyl (C=O) groups excluding carboxylic acids is 1. The van der Waals surface area contributed by atoms with Crippen LogP contribution in [0.15, 0.2) is 55.1 Å². The first-order chi connectivity index (χ1) is 9.74. The summed E-state index contributed by atoms with van der Waals surface area (Å²) < 4.78 is 1.60. The monoisotopic (exact) mass is 265 g/mol. The summed E-state index contributed by atoms with van der Waals surface area (Å²) in [6.45, 7) is 0. The van der Waals surface area contributed by atoms with Crippen molar-refractivity contribution in [3.05, 3.63) is 66.2 Å². The number of pyridine rings is 2. The third kappa shape index (κ3) is 2.26. The van der Waals surface area contributed by atoms with Crippen molar-refractivity contribution in [1.29, 1.82) is 0 Å². The fourth-order valence-corrected chi connectivity index (χ4v) is 1.80. The Morgan fingerprint density at radius 3 is 2.70 bits per heavy atom. The molecule has 6 heteroatoms. The number of hydrogen-bond acceptors (Lipinski definition) is 5. The summed E-state index contributed by atoms with van der Waals surface area (Å²) in [5.41, 5.74) is 6.52. The Hall–Kier alpha value is -3.02. The van der Waals surface area contributed by atoms with Gasteiger partial charge in [0.05, 0.1) is 0 Å². The summed E-state index contributed by atoms with van der Waals surface area (Å²) in [4.78, 5) is 20.4. The Morgan fingerprint density at radius 1 is 1.10 bits per heavy atom. The van der Waals surface area contributed by atoms with Crippen LogP contribution in [0.25, 0.3) is 5.82 Å². The first kappa shape index (κ1) is 12.0. The van der Waals surface area contributed by atoms with Crippen molar-refractivity contribution in [3.63, 3.8) is 0 Å². The van der Waals surface area contributed by atoms with Gasteiger partial charge in [0.1, 0.15) is 5.82 Å². The summed E-state index contributed by atoms with van der Waals surface area (Å²) in [5, 5.41) is 4.09. The highest BCUT2D eigenvalue weighted by Crippen LogP contribution is 2.12.